The lowest BCUT2D eigenvalue weighted by atomic mass is 9.94. The quantitative estimate of drug-likeness (QED) is 0.624. The number of hydrogen-bond donors (Lipinski definition) is 0. The van der Waals surface area contributed by atoms with Gasteiger partial charge in [-0.05, 0) is 60.8 Å². The summed E-state index contributed by atoms with van der Waals surface area (Å²) in [6.07, 6.45) is 5.95. The van der Waals surface area contributed by atoms with Crippen LogP contribution in [-0.4, -0.2) is 17.3 Å². The highest BCUT2D eigenvalue weighted by Gasteiger charge is 2.35. The summed E-state index contributed by atoms with van der Waals surface area (Å²) in [5.41, 5.74) is 6.16. The lowest BCUT2D eigenvalue weighted by molar-refractivity contribution is 0.387. The Hall–Kier alpha value is -1.80. The molecular weight excluding hydrogens is 282 g/mol. The van der Waals surface area contributed by atoms with Gasteiger partial charge in [-0.15, -0.1) is 0 Å². The summed E-state index contributed by atoms with van der Waals surface area (Å²) < 4.78 is 8.03. The first-order chi connectivity index (χ1) is 11.4. The van der Waals surface area contributed by atoms with Gasteiger partial charge in [-0.2, -0.15) is 0 Å². The molecule has 0 spiro atoms. The van der Waals surface area contributed by atoms with Crippen molar-refractivity contribution in [3.05, 3.63) is 47.5 Å². The fourth-order valence-electron chi connectivity index (χ4n) is 4.32. The Morgan fingerprint density at radius 1 is 0.913 bits per heavy atom. The molecule has 2 saturated carbocycles. The average molecular weight is 303 g/mol. The van der Waals surface area contributed by atoms with Gasteiger partial charge in [-0.3, -0.25) is 0 Å². The van der Waals surface area contributed by atoms with Gasteiger partial charge in [-0.25, -0.2) is 0 Å². The van der Waals surface area contributed by atoms with E-state index in [0.717, 1.165) is 25.0 Å². The number of para-hydroxylation sites is 1. The summed E-state index contributed by atoms with van der Waals surface area (Å²) in [4.78, 5) is 0. The van der Waals surface area contributed by atoms with Gasteiger partial charge in [0.1, 0.15) is 0 Å². The van der Waals surface area contributed by atoms with Crippen LogP contribution < -0.4 is 0 Å². The molecule has 2 heterocycles. The third-order valence-electron chi connectivity index (χ3n) is 5.80. The summed E-state index contributed by atoms with van der Waals surface area (Å²) in [7, 11) is 0. The normalized spacial score (nSPS) is 23.7. The number of rotatable bonds is 4. The van der Waals surface area contributed by atoms with Crippen molar-refractivity contribution in [3.63, 3.8) is 0 Å². The van der Waals surface area contributed by atoms with Crippen molar-refractivity contribution in [2.24, 2.45) is 0 Å². The molecule has 1 aliphatic heterocycles. The minimum Gasteiger partial charge on any atom is -0.371 e. The van der Waals surface area contributed by atoms with Gasteiger partial charge in [0.05, 0.1) is 19.3 Å². The van der Waals surface area contributed by atoms with Crippen LogP contribution in [0.3, 0.4) is 0 Å². The minimum atomic E-state index is 0.418. The van der Waals surface area contributed by atoms with Gasteiger partial charge < -0.3 is 9.30 Å². The highest BCUT2D eigenvalue weighted by molar-refractivity contribution is 6.10. The molecule has 1 saturated heterocycles. The molecule has 1 unspecified atom stereocenters. The topological polar surface area (TPSA) is 17.5 Å². The molecule has 0 bridgehead atoms. The van der Waals surface area contributed by atoms with E-state index in [1.165, 1.54) is 42.1 Å². The second-order valence-electron chi connectivity index (χ2n) is 7.59. The van der Waals surface area contributed by atoms with Crippen molar-refractivity contribution >= 4 is 21.8 Å². The highest BCUT2D eigenvalue weighted by Crippen LogP contribution is 2.52. The SMILES string of the molecule is c1ccc2c(c1)c1c(C3CC3)c(C3CC3)ccc1n2CC1CO1. The van der Waals surface area contributed by atoms with Crippen molar-refractivity contribution in [1.82, 2.24) is 4.57 Å². The van der Waals surface area contributed by atoms with E-state index in [0.29, 0.717) is 6.10 Å². The first kappa shape index (κ1) is 12.6. The molecule has 2 heteroatoms. The number of fused-ring (bicyclic) bond motifs is 3. The second-order valence-corrected chi connectivity index (χ2v) is 7.59. The largest absolute Gasteiger partial charge is 0.371 e. The van der Waals surface area contributed by atoms with Crippen LogP contribution in [0.1, 0.15) is 48.6 Å². The van der Waals surface area contributed by atoms with E-state index in [1.807, 2.05) is 0 Å². The van der Waals surface area contributed by atoms with Crippen LogP contribution in [0.15, 0.2) is 36.4 Å². The van der Waals surface area contributed by atoms with Crippen LogP contribution >= 0.6 is 0 Å². The molecule has 2 nitrogen and oxygen atoms in total. The summed E-state index contributed by atoms with van der Waals surface area (Å²) in [5, 5.41) is 3.00. The zero-order valence-electron chi connectivity index (χ0n) is 13.3. The van der Waals surface area contributed by atoms with E-state index >= 15 is 0 Å². The first-order valence-electron chi connectivity index (χ1n) is 9.05. The molecule has 116 valence electrons. The van der Waals surface area contributed by atoms with Crippen LogP contribution in [0.5, 0.6) is 0 Å². The molecule has 2 aromatic carbocycles. The number of nitrogens with zero attached hydrogens (tertiary/aromatic N) is 1. The van der Waals surface area contributed by atoms with Crippen molar-refractivity contribution < 1.29 is 4.74 Å². The molecule has 0 amide bonds. The van der Waals surface area contributed by atoms with E-state index in [9.17, 15) is 0 Å². The summed E-state index contributed by atoms with van der Waals surface area (Å²) >= 11 is 0. The summed E-state index contributed by atoms with van der Waals surface area (Å²) in [5.74, 6) is 1.65. The van der Waals surface area contributed by atoms with Crippen molar-refractivity contribution in [3.8, 4) is 0 Å². The molecule has 3 aliphatic rings. The van der Waals surface area contributed by atoms with Crippen LogP contribution in [-0.2, 0) is 11.3 Å². The van der Waals surface area contributed by atoms with E-state index < -0.39 is 0 Å². The smallest absolute Gasteiger partial charge is 0.0988 e. The van der Waals surface area contributed by atoms with Crippen LogP contribution in [0.4, 0.5) is 0 Å². The van der Waals surface area contributed by atoms with E-state index in [2.05, 4.69) is 41.0 Å². The third-order valence-corrected chi connectivity index (χ3v) is 5.80. The fourth-order valence-corrected chi connectivity index (χ4v) is 4.32. The van der Waals surface area contributed by atoms with Crippen molar-refractivity contribution in [1.29, 1.82) is 0 Å². The first-order valence-corrected chi connectivity index (χ1v) is 9.05. The number of hydrogen-bond acceptors (Lipinski definition) is 1. The maximum atomic E-state index is 5.52. The molecular formula is C21H21NO. The molecule has 1 aromatic heterocycles. The molecule has 23 heavy (non-hydrogen) atoms. The Morgan fingerprint density at radius 3 is 2.43 bits per heavy atom. The van der Waals surface area contributed by atoms with Crippen LogP contribution in [0.2, 0.25) is 0 Å². The van der Waals surface area contributed by atoms with E-state index in [1.54, 1.807) is 16.5 Å². The third kappa shape index (κ3) is 1.91. The maximum Gasteiger partial charge on any atom is 0.0988 e. The molecule has 0 N–H and O–H groups in total. The Morgan fingerprint density at radius 2 is 1.70 bits per heavy atom. The van der Waals surface area contributed by atoms with Gasteiger partial charge >= 0.3 is 0 Å². The summed E-state index contributed by atoms with van der Waals surface area (Å²) in [6, 6.07) is 13.8. The van der Waals surface area contributed by atoms with Gasteiger partial charge in [0, 0.05) is 21.8 Å². The van der Waals surface area contributed by atoms with Gasteiger partial charge in [-0.1, -0.05) is 24.3 Å². The van der Waals surface area contributed by atoms with Gasteiger partial charge in [0.25, 0.3) is 0 Å². The lowest BCUT2D eigenvalue weighted by Gasteiger charge is -2.11. The molecule has 6 rings (SSSR count). The Balaban J connectivity index is 1.71. The summed E-state index contributed by atoms with van der Waals surface area (Å²) in [6.45, 7) is 1.92. The monoisotopic (exact) mass is 303 g/mol. The Bertz CT molecular complexity index is 926. The number of aromatic nitrogens is 1. The fraction of sp³-hybridized carbons (Fsp3) is 0.429. The Kier molecular flexibility index (Phi) is 2.40. The second kappa shape index (κ2) is 4.39. The van der Waals surface area contributed by atoms with Crippen molar-refractivity contribution in [2.45, 2.75) is 50.2 Å². The molecule has 3 aromatic rings. The maximum absolute atomic E-state index is 5.52. The number of benzene rings is 2. The van der Waals surface area contributed by atoms with Crippen LogP contribution in [0, 0.1) is 0 Å². The standard InChI is InChI=1S/C21H21NO/c1-2-4-18-17(3-1)21-19(22(18)11-15-12-23-15)10-9-16(13-5-6-13)20(21)14-7-8-14/h1-4,9-10,13-15H,5-8,11-12H2. The average Bonchev–Trinajstić information content (AvgIpc) is 3.46. The zero-order valence-corrected chi connectivity index (χ0v) is 13.3. The molecule has 0 radical (unpaired) electrons. The zero-order chi connectivity index (χ0) is 15.0. The minimum absolute atomic E-state index is 0.418. The number of ether oxygens (including phenoxy) is 1. The van der Waals surface area contributed by atoms with E-state index in [-0.39, 0.29) is 0 Å². The predicted octanol–water partition coefficient (Wildman–Crippen LogP) is 4.95. The lowest BCUT2D eigenvalue weighted by Crippen LogP contribution is -2.03. The van der Waals surface area contributed by atoms with E-state index in [4.69, 9.17) is 4.74 Å². The molecule has 3 fully saturated rings. The van der Waals surface area contributed by atoms with Gasteiger partial charge in [0.2, 0.25) is 0 Å². The highest BCUT2D eigenvalue weighted by atomic mass is 16.6. The van der Waals surface area contributed by atoms with Gasteiger partial charge in [0.15, 0.2) is 0 Å². The molecule has 2 aliphatic carbocycles. The van der Waals surface area contributed by atoms with Crippen molar-refractivity contribution in [2.75, 3.05) is 6.61 Å². The molecule has 1 atom stereocenters. The number of epoxide rings is 1. The van der Waals surface area contributed by atoms with Crippen LogP contribution in [0.25, 0.3) is 21.8 Å². The Labute approximate surface area is 136 Å². The predicted molar refractivity (Wildman–Crippen MR) is 93.1 cm³/mol.